The molecule has 1 aromatic rings. The minimum absolute atomic E-state index is 0.701. The zero-order valence-corrected chi connectivity index (χ0v) is 9.11. The predicted molar refractivity (Wildman–Crippen MR) is 59.2 cm³/mol. The predicted octanol–water partition coefficient (Wildman–Crippen LogP) is 3.62. The van der Waals surface area contributed by atoms with Crippen LogP contribution in [0.5, 0.6) is 0 Å². The quantitative estimate of drug-likeness (QED) is 0.657. The highest BCUT2D eigenvalue weighted by molar-refractivity contribution is 5.11. The number of hydrogen-bond donors (Lipinski definition) is 0. The van der Waals surface area contributed by atoms with E-state index in [0.29, 0.717) is 5.92 Å². The van der Waals surface area contributed by atoms with E-state index >= 15 is 0 Å². The van der Waals surface area contributed by atoms with Crippen LogP contribution in [-0.4, -0.2) is 4.98 Å². The van der Waals surface area contributed by atoms with Crippen molar-refractivity contribution in [2.75, 3.05) is 0 Å². The van der Waals surface area contributed by atoms with Crippen LogP contribution >= 0.6 is 0 Å². The summed E-state index contributed by atoms with van der Waals surface area (Å²) in [6.45, 7) is 4.74. The Bertz CT molecular complexity index is 281. The molecule has 0 N–H and O–H groups in total. The van der Waals surface area contributed by atoms with Crippen molar-refractivity contribution in [1.29, 1.82) is 0 Å². The average Bonchev–Trinajstić information content (AvgIpc) is 2.19. The molecule has 3 atom stereocenters. The molecular formula is C13H19N. The lowest BCUT2D eigenvalue weighted by molar-refractivity contribution is 0.258. The Morgan fingerprint density at radius 1 is 1.21 bits per heavy atom. The van der Waals surface area contributed by atoms with Gasteiger partial charge in [0, 0.05) is 17.8 Å². The van der Waals surface area contributed by atoms with Gasteiger partial charge in [-0.1, -0.05) is 26.3 Å². The van der Waals surface area contributed by atoms with Crippen LogP contribution in [0.25, 0.3) is 0 Å². The van der Waals surface area contributed by atoms with Crippen molar-refractivity contribution in [2.24, 2.45) is 11.8 Å². The van der Waals surface area contributed by atoms with Gasteiger partial charge in [0.15, 0.2) is 0 Å². The van der Waals surface area contributed by atoms with Crippen molar-refractivity contribution in [3.05, 3.63) is 30.1 Å². The van der Waals surface area contributed by atoms with E-state index in [2.05, 4.69) is 31.0 Å². The van der Waals surface area contributed by atoms with E-state index < -0.39 is 0 Å². The number of hydrogen-bond acceptors (Lipinski definition) is 1. The molecule has 1 aromatic heterocycles. The molecule has 0 unspecified atom stereocenters. The fraction of sp³-hybridized carbons (Fsp3) is 0.615. The molecule has 14 heavy (non-hydrogen) atoms. The topological polar surface area (TPSA) is 12.9 Å². The Hall–Kier alpha value is -0.850. The summed E-state index contributed by atoms with van der Waals surface area (Å²) in [5, 5.41) is 0. The molecule has 0 spiro atoms. The summed E-state index contributed by atoms with van der Waals surface area (Å²) >= 11 is 0. The second-order valence-corrected chi connectivity index (χ2v) is 4.76. The first kappa shape index (κ1) is 9.70. The summed E-state index contributed by atoms with van der Waals surface area (Å²) in [6, 6.07) is 6.28. The molecule has 0 bridgehead atoms. The Labute approximate surface area is 86.6 Å². The third-order valence-corrected chi connectivity index (χ3v) is 3.50. The zero-order chi connectivity index (χ0) is 9.97. The third-order valence-electron chi connectivity index (χ3n) is 3.50. The second-order valence-electron chi connectivity index (χ2n) is 4.76. The molecule has 1 heteroatoms. The van der Waals surface area contributed by atoms with Crippen LogP contribution in [0.2, 0.25) is 0 Å². The molecule has 0 radical (unpaired) electrons. The van der Waals surface area contributed by atoms with E-state index in [4.69, 9.17) is 0 Å². The van der Waals surface area contributed by atoms with Crippen molar-refractivity contribution in [2.45, 2.75) is 39.0 Å². The van der Waals surface area contributed by atoms with Crippen molar-refractivity contribution in [3.63, 3.8) is 0 Å². The van der Waals surface area contributed by atoms with Crippen molar-refractivity contribution >= 4 is 0 Å². The standard InChI is InChI=1S/C13H19N/c1-10-6-7-12(11(2)9-10)13-5-3-4-8-14-13/h3-5,8,10-12H,6-7,9H2,1-2H3/t10-,11+,12-/m0/s1. The lowest BCUT2D eigenvalue weighted by Crippen LogP contribution is -2.20. The number of pyridine rings is 1. The van der Waals surface area contributed by atoms with Gasteiger partial charge in [-0.25, -0.2) is 0 Å². The molecular weight excluding hydrogens is 170 g/mol. The van der Waals surface area contributed by atoms with Gasteiger partial charge in [0.25, 0.3) is 0 Å². The third kappa shape index (κ3) is 1.97. The van der Waals surface area contributed by atoms with Crippen molar-refractivity contribution in [1.82, 2.24) is 4.98 Å². The fourth-order valence-electron chi connectivity index (χ4n) is 2.70. The molecule has 1 nitrogen and oxygen atoms in total. The van der Waals surface area contributed by atoms with Gasteiger partial charge in [-0.15, -0.1) is 0 Å². The Morgan fingerprint density at radius 3 is 2.71 bits per heavy atom. The van der Waals surface area contributed by atoms with E-state index in [-0.39, 0.29) is 0 Å². The molecule has 1 aliphatic carbocycles. The Balaban J connectivity index is 2.12. The van der Waals surface area contributed by atoms with Gasteiger partial charge >= 0.3 is 0 Å². The maximum atomic E-state index is 4.48. The maximum absolute atomic E-state index is 4.48. The van der Waals surface area contributed by atoms with Gasteiger partial charge in [-0.05, 0) is 36.8 Å². The van der Waals surface area contributed by atoms with E-state index in [1.807, 2.05) is 12.3 Å². The van der Waals surface area contributed by atoms with E-state index in [1.54, 1.807) is 0 Å². The first-order chi connectivity index (χ1) is 6.77. The largest absolute Gasteiger partial charge is 0.261 e. The highest BCUT2D eigenvalue weighted by Gasteiger charge is 2.26. The highest BCUT2D eigenvalue weighted by atomic mass is 14.7. The molecule has 1 heterocycles. The molecule has 0 aliphatic heterocycles. The number of rotatable bonds is 1. The summed E-state index contributed by atoms with van der Waals surface area (Å²) in [4.78, 5) is 4.48. The summed E-state index contributed by atoms with van der Waals surface area (Å²) in [7, 11) is 0. The van der Waals surface area contributed by atoms with Gasteiger partial charge < -0.3 is 0 Å². The van der Waals surface area contributed by atoms with Crippen LogP contribution in [0, 0.1) is 11.8 Å². The zero-order valence-electron chi connectivity index (χ0n) is 9.11. The van der Waals surface area contributed by atoms with Crippen LogP contribution < -0.4 is 0 Å². The average molecular weight is 189 g/mol. The van der Waals surface area contributed by atoms with Crippen molar-refractivity contribution < 1.29 is 0 Å². The summed E-state index contributed by atoms with van der Waals surface area (Å²) in [5.74, 6) is 2.41. The van der Waals surface area contributed by atoms with Crippen molar-refractivity contribution in [3.8, 4) is 0 Å². The first-order valence-corrected chi connectivity index (χ1v) is 5.68. The van der Waals surface area contributed by atoms with Crippen LogP contribution in [-0.2, 0) is 0 Å². The van der Waals surface area contributed by atoms with E-state index in [9.17, 15) is 0 Å². The Kier molecular flexibility index (Phi) is 2.85. The van der Waals surface area contributed by atoms with Crippen LogP contribution in [0.3, 0.4) is 0 Å². The van der Waals surface area contributed by atoms with Gasteiger partial charge in [0.1, 0.15) is 0 Å². The highest BCUT2D eigenvalue weighted by Crippen LogP contribution is 2.38. The normalized spacial score (nSPS) is 32.9. The van der Waals surface area contributed by atoms with Crippen LogP contribution in [0.15, 0.2) is 24.4 Å². The van der Waals surface area contributed by atoms with Gasteiger partial charge in [0.2, 0.25) is 0 Å². The molecule has 76 valence electrons. The van der Waals surface area contributed by atoms with E-state index in [0.717, 1.165) is 11.8 Å². The van der Waals surface area contributed by atoms with Gasteiger partial charge in [0.05, 0.1) is 0 Å². The fourth-order valence-corrected chi connectivity index (χ4v) is 2.70. The summed E-state index contributed by atoms with van der Waals surface area (Å²) < 4.78 is 0. The molecule has 0 amide bonds. The molecule has 1 fully saturated rings. The Morgan fingerprint density at radius 2 is 2.07 bits per heavy atom. The molecule has 1 aliphatic rings. The molecule has 1 saturated carbocycles. The monoisotopic (exact) mass is 189 g/mol. The van der Waals surface area contributed by atoms with Gasteiger partial charge in [-0.2, -0.15) is 0 Å². The summed E-state index contributed by atoms with van der Waals surface area (Å²) in [6.07, 6.45) is 5.96. The maximum Gasteiger partial charge on any atom is 0.0437 e. The smallest absolute Gasteiger partial charge is 0.0437 e. The van der Waals surface area contributed by atoms with E-state index in [1.165, 1.54) is 25.0 Å². The lowest BCUT2D eigenvalue weighted by Gasteiger charge is -2.32. The number of aromatic nitrogens is 1. The molecule has 2 rings (SSSR count). The van der Waals surface area contributed by atoms with Gasteiger partial charge in [-0.3, -0.25) is 4.98 Å². The lowest BCUT2D eigenvalue weighted by atomic mass is 9.74. The summed E-state index contributed by atoms with van der Waals surface area (Å²) in [5.41, 5.74) is 1.30. The molecule has 0 aromatic carbocycles. The minimum atomic E-state index is 0.701. The van der Waals surface area contributed by atoms with Crippen LogP contribution in [0.1, 0.15) is 44.7 Å². The first-order valence-electron chi connectivity index (χ1n) is 5.68. The molecule has 0 saturated heterocycles. The van der Waals surface area contributed by atoms with Crippen LogP contribution in [0.4, 0.5) is 0 Å². The second kappa shape index (κ2) is 4.12. The SMILES string of the molecule is C[C@H]1CC[C@H](c2ccccn2)[C@H](C)C1. The minimum Gasteiger partial charge on any atom is -0.261 e. The number of nitrogens with zero attached hydrogens (tertiary/aromatic N) is 1.